The van der Waals surface area contributed by atoms with Crippen molar-refractivity contribution in [2.45, 2.75) is 60.0 Å². The number of rotatable bonds is 4. The maximum absolute atomic E-state index is 4.61. The highest BCUT2D eigenvalue weighted by molar-refractivity contribution is 7.09. The van der Waals surface area contributed by atoms with Crippen LogP contribution in [0.4, 0.5) is 0 Å². The molecule has 2 heterocycles. The summed E-state index contributed by atoms with van der Waals surface area (Å²) < 4.78 is 0. The Balaban J connectivity index is 2.00. The molecule has 0 spiro atoms. The summed E-state index contributed by atoms with van der Waals surface area (Å²) in [5.41, 5.74) is 1.47. The molecular weight excluding hydrogens is 278 g/mol. The number of hydrogen-bond donors (Lipinski definition) is 1. The monoisotopic (exact) mass is 309 g/mol. The lowest BCUT2D eigenvalue weighted by atomic mass is 9.83. The number of thiazole rings is 1. The van der Waals surface area contributed by atoms with Crippen LogP contribution in [-0.2, 0) is 6.42 Å². The van der Waals surface area contributed by atoms with Gasteiger partial charge in [0.05, 0.1) is 5.01 Å². The molecule has 1 aromatic rings. The average molecular weight is 310 g/mol. The van der Waals surface area contributed by atoms with Gasteiger partial charge in [-0.1, -0.05) is 34.6 Å². The molecule has 1 fully saturated rings. The molecule has 0 aromatic carbocycles. The van der Waals surface area contributed by atoms with Gasteiger partial charge in [-0.05, 0) is 18.3 Å². The summed E-state index contributed by atoms with van der Waals surface area (Å²) in [6, 6.07) is 1.22. The summed E-state index contributed by atoms with van der Waals surface area (Å²) in [5, 5.41) is 7.20. The SMILES string of the molecule is Cc1csc(CCN2CC(C(C)(C)C)NCC2C(C)C)n1. The van der Waals surface area contributed by atoms with Gasteiger partial charge in [-0.2, -0.15) is 0 Å². The van der Waals surface area contributed by atoms with Gasteiger partial charge in [-0.3, -0.25) is 4.90 Å². The van der Waals surface area contributed by atoms with Crippen molar-refractivity contribution in [1.29, 1.82) is 0 Å². The van der Waals surface area contributed by atoms with E-state index in [4.69, 9.17) is 0 Å². The van der Waals surface area contributed by atoms with Gasteiger partial charge in [-0.25, -0.2) is 4.98 Å². The molecule has 1 aliphatic rings. The van der Waals surface area contributed by atoms with Crippen molar-refractivity contribution in [3.05, 3.63) is 16.1 Å². The zero-order chi connectivity index (χ0) is 15.6. The third-order valence-electron chi connectivity index (χ3n) is 4.55. The Bertz CT molecular complexity index is 447. The third kappa shape index (κ3) is 4.51. The van der Waals surface area contributed by atoms with Gasteiger partial charge >= 0.3 is 0 Å². The number of aryl methyl sites for hydroxylation is 1. The lowest BCUT2D eigenvalue weighted by molar-refractivity contribution is 0.0642. The first-order valence-electron chi connectivity index (χ1n) is 8.16. The highest BCUT2D eigenvalue weighted by atomic mass is 32.1. The lowest BCUT2D eigenvalue weighted by Gasteiger charge is -2.46. The van der Waals surface area contributed by atoms with Crippen molar-refractivity contribution in [3.63, 3.8) is 0 Å². The van der Waals surface area contributed by atoms with E-state index in [-0.39, 0.29) is 0 Å². The molecule has 0 aliphatic carbocycles. The van der Waals surface area contributed by atoms with E-state index in [0.717, 1.165) is 31.7 Å². The van der Waals surface area contributed by atoms with E-state index in [0.29, 0.717) is 23.4 Å². The summed E-state index contributed by atoms with van der Waals surface area (Å²) in [6.45, 7) is 17.2. The molecule has 2 rings (SSSR count). The Morgan fingerprint density at radius 2 is 2.14 bits per heavy atom. The third-order valence-corrected chi connectivity index (χ3v) is 5.58. The van der Waals surface area contributed by atoms with E-state index in [1.165, 1.54) is 5.01 Å². The Kier molecular flexibility index (Phi) is 5.44. The number of nitrogens with zero attached hydrogens (tertiary/aromatic N) is 2. The van der Waals surface area contributed by atoms with E-state index >= 15 is 0 Å². The fourth-order valence-electron chi connectivity index (χ4n) is 3.08. The first-order valence-corrected chi connectivity index (χ1v) is 9.04. The van der Waals surface area contributed by atoms with Crippen LogP contribution in [0.2, 0.25) is 0 Å². The number of aromatic nitrogens is 1. The van der Waals surface area contributed by atoms with Crippen LogP contribution >= 0.6 is 11.3 Å². The molecule has 120 valence electrons. The standard InChI is InChI=1S/C17H31N3S/c1-12(2)14-9-18-15(17(4,5)6)10-20(14)8-7-16-19-13(3)11-21-16/h11-12,14-15,18H,7-10H2,1-6H3. The number of piperazine rings is 1. The van der Waals surface area contributed by atoms with Crippen molar-refractivity contribution in [2.24, 2.45) is 11.3 Å². The van der Waals surface area contributed by atoms with E-state index in [9.17, 15) is 0 Å². The zero-order valence-corrected chi connectivity index (χ0v) is 15.3. The number of hydrogen-bond acceptors (Lipinski definition) is 4. The van der Waals surface area contributed by atoms with Gasteiger partial charge < -0.3 is 5.32 Å². The summed E-state index contributed by atoms with van der Waals surface area (Å²) >= 11 is 1.80. The number of nitrogens with one attached hydrogen (secondary N) is 1. The second kappa shape index (κ2) is 6.76. The molecule has 0 radical (unpaired) electrons. The molecule has 1 N–H and O–H groups in total. The van der Waals surface area contributed by atoms with Crippen LogP contribution < -0.4 is 5.32 Å². The van der Waals surface area contributed by atoms with Crippen LogP contribution in [0.25, 0.3) is 0 Å². The summed E-state index contributed by atoms with van der Waals surface area (Å²) in [7, 11) is 0. The first-order chi connectivity index (χ1) is 9.77. The van der Waals surface area contributed by atoms with Gasteiger partial charge in [0, 0.05) is 49.2 Å². The maximum Gasteiger partial charge on any atom is 0.0940 e. The lowest BCUT2D eigenvalue weighted by Crippen LogP contribution is -2.61. The van der Waals surface area contributed by atoms with Crippen molar-refractivity contribution >= 4 is 11.3 Å². The minimum Gasteiger partial charge on any atom is -0.311 e. The molecular formula is C17H31N3S. The van der Waals surface area contributed by atoms with E-state index in [2.05, 4.69) is 62.1 Å². The van der Waals surface area contributed by atoms with Crippen LogP contribution in [0.5, 0.6) is 0 Å². The topological polar surface area (TPSA) is 28.2 Å². The van der Waals surface area contributed by atoms with Crippen molar-refractivity contribution < 1.29 is 0 Å². The van der Waals surface area contributed by atoms with Crippen LogP contribution in [0.1, 0.15) is 45.3 Å². The highest BCUT2D eigenvalue weighted by Gasteiger charge is 2.34. The van der Waals surface area contributed by atoms with Crippen molar-refractivity contribution in [2.75, 3.05) is 19.6 Å². The molecule has 2 atom stereocenters. The van der Waals surface area contributed by atoms with E-state index in [1.807, 2.05) is 0 Å². The largest absolute Gasteiger partial charge is 0.311 e. The van der Waals surface area contributed by atoms with Gasteiger partial charge in [-0.15, -0.1) is 11.3 Å². The fraction of sp³-hybridized carbons (Fsp3) is 0.824. The molecule has 1 aromatic heterocycles. The van der Waals surface area contributed by atoms with E-state index in [1.54, 1.807) is 11.3 Å². The molecule has 3 nitrogen and oxygen atoms in total. The van der Waals surface area contributed by atoms with E-state index < -0.39 is 0 Å². The summed E-state index contributed by atoms with van der Waals surface area (Å²) in [6.07, 6.45) is 1.08. The van der Waals surface area contributed by atoms with Gasteiger partial charge in [0.2, 0.25) is 0 Å². The maximum atomic E-state index is 4.61. The Morgan fingerprint density at radius 3 is 2.67 bits per heavy atom. The Labute approximate surface area is 134 Å². The van der Waals surface area contributed by atoms with Gasteiger partial charge in [0.25, 0.3) is 0 Å². The average Bonchev–Trinajstić information content (AvgIpc) is 2.80. The first kappa shape index (κ1) is 16.9. The Hall–Kier alpha value is -0.450. The quantitative estimate of drug-likeness (QED) is 0.924. The molecule has 0 amide bonds. The second-order valence-electron chi connectivity index (χ2n) is 7.77. The highest BCUT2D eigenvalue weighted by Crippen LogP contribution is 2.26. The van der Waals surface area contributed by atoms with Gasteiger partial charge in [0.15, 0.2) is 0 Å². The van der Waals surface area contributed by atoms with Crippen LogP contribution in [0.3, 0.4) is 0 Å². The predicted octanol–water partition coefficient (Wildman–Crippen LogP) is 3.34. The normalized spacial score (nSPS) is 24.7. The molecule has 4 heteroatoms. The summed E-state index contributed by atoms with van der Waals surface area (Å²) in [4.78, 5) is 7.30. The molecule has 0 bridgehead atoms. The van der Waals surface area contributed by atoms with Crippen LogP contribution in [0, 0.1) is 18.3 Å². The van der Waals surface area contributed by atoms with Crippen LogP contribution in [0.15, 0.2) is 5.38 Å². The predicted molar refractivity (Wildman–Crippen MR) is 92.0 cm³/mol. The smallest absolute Gasteiger partial charge is 0.0940 e. The second-order valence-corrected chi connectivity index (χ2v) is 8.71. The zero-order valence-electron chi connectivity index (χ0n) is 14.4. The minimum atomic E-state index is 0.317. The van der Waals surface area contributed by atoms with Crippen molar-refractivity contribution in [1.82, 2.24) is 15.2 Å². The summed E-state index contributed by atoms with van der Waals surface area (Å²) in [5.74, 6) is 0.691. The molecule has 2 unspecified atom stereocenters. The molecule has 1 aliphatic heterocycles. The van der Waals surface area contributed by atoms with Gasteiger partial charge in [0.1, 0.15) is 0 Å². The molecule has 1 saturated heterocycles. The molecule has 21 heavy (non-hydrogen) atoms. The van der Waals surface area contributed by atoms with Crippen molar-refractivity contribution in [3.8, 4) is 0 Å². The molecule has 0 saturated carbocycles. The minimum absolute atomic E-state index is 0.317. The fourth-order valence-corrected chi connectivity index (χ4v) is 3.84. The van der Waals surface area contributed by atoms with Crippen LogP contribution in [-0.4, -0.2) is 41.6 Å². The Morgan fingerprint density at radius 1 is 1.43 bits per heavy atom.